The Morgan fingerprint density at radius 2 is 1.58 bits per heavy atom. The van der Waals surface area contributed by atoms with E-state index in [0.29, 0.717) is 5.95 Å². The Labute approximate surface area is 144 Å². The Hall–Kier alpha value is -2.92. The first-order chi connectivity index (χ1) is 11.8. The summed E-state index contributed by atoms with van der Waals surface area (Å²) in [6.07, 6.45) is 0. The number of rotatable bonds is 4. The number of hydrogen-bond donors (Lipinski definition) is 2. The molecule has 5 heteroatoms. The number of hydrogen-bond acceptors (Lipinski definition) is 5. The van der Waals surface area contributed by atoms with Crippen molar-refractivity contribution in [3.63, 3.8) is 0 Å². The highest BCUT2D eigenvalue weighted by Crippen LogP contribution is 2.37. The average molecular weight is 332 g/mol. The van der Waals surface area contributed by atoms with E-state index in [4.69, 9.17) is 0 Å². The third-order valence-electron chi connectivity index (χ3n) is 3.69. The van der Waals surface area contributed by atoms with Crippen molar-refractivity contribution < 1.29 is 0 Å². The molecule has 0 radical (unpaired) electrons. The summed E-state index contributed by atoms with van der Waals surface area (Å²) in [5, 5.41) is 6.44. The topological polar surface area (TPSA) is 49.8 Å². The maximum absolute atomic E-state index is 4.60. The van der Waals surface area contributed by atoms with Crippen LogP contribution >= 0.6 is 11.3 Å². The van der Waals surface area contributed by atoms with E-state index in [1.807, 2.05) is 55.6 Å². The highest BCUT2D eigenvalue weighted by Gasteiger charge is 2.12. The first kappa shape index (κ1) is 14.7. The van der Waals surface area contributed by atoms with Crippen molar-refractivity contribution in [2.45, 2.75) is 0 Å². The van der Waals surface area contributed by atoms with Crippen molar-refractivity contribution in [2.75, 3.05) is 17.7 Å². The Bertz CT molecular complexity index is 965. The summed E-state index contributed by atoms with van der Waals surface area (Å²) >= 11 is 1.70. The Kier molecular flexibility index (Phi) is 3.84. The van der Waals surface area contributed by atoms with Gasteiger partial charge in [-0.05, 0) is 23.8 Å². The molecule has 2 aromatic heterocycles. The fraction of sp³-hybridized carbons (Fsp3) is 0.0526. The first-order valence-corrected chi connectivity index (χ1v) is 8.52. The number of nitrogens with one attached hydrogen (secondary N) is 2. The van der Waals surface area contributed by atoms with Gasteiger partial charge in [0.05, 0.1) is 10.2 Å². The van der Waals surface area contributed by atoms with E-state index in [1.165, 1.54) is 10.4 Å². The summed E-state index contributed by atoms with van der Waals surface area (Å²) < 4.78 is 1.05. The molecule has 24 heavy (non-hydrogen) atoms. The summed E-state index contributed by atoms with van der Waals surface area (Å²) in [7, 11) is 1.83. The van der Waals surface area contributed by atoms with Crippen LogP contribution < -0.4 is 10.6 Å². The number of nitrogens with zero attached hydrogens (tertiary/aromatic N) is 2. The summed E-state index contributed by atoms with van der Waals surface area (Å²) in [6, 6.07) is 22.5. The van der Waals surface area contributed by atoms with E-state index >= 15 is 0 Å². The van der Waals surface area contributed by atoms with Crippen LogP contribution in [0.5, 0.6) is 0 Å². The lowest BCUT2D eigenvalue weighted by molar-refractivity contribution is 1.20. The Morgan fingerprint density at radius 3 is 2.29 bits per heavy atom. The molecule has 118 valence electrons. The second-order valence-corrected chi connectivity index (χ2v) is 6.38. The zero-order chi connectivity index (χ0) is 16.4. The van der Waals surface area contributed by atoms with Gasteiger partial charge < -0.3 is 10.6 Å². The van der Waals surface area contributed by atoms with E-state index in [9.17, 15) is 0 Å². The van der Waals surface area contributed by atoms with Crippen LogP contribution in [-0.4, -0.2) is 17.0 Å². The molecule has 0 saturated heterocycles. The lowest BCUT2D eigenvalue weighted by atomic mass is 10.2. The van der Waals surface area contributed by atoms with Gasteiger partial charge in [-0.25, -0.2) is 4.98 Å². The van der Waals surface area contributed by atoms with Gasteiger partial charge in [-0.2, -0.15) is 4.98 Å². The van der Waals surface area contributed by atoms with Gasteiger partial charge in [0.25, 0.3) is 0 Å². The fourth-order valence-electron chi connectivity index (χ4n) is 2.53. The van der Waals surface area contributed by atoms with Crippen LogP contribution in [0.4, 0.5) is 17.5 Å². The van der Waals surface area contributed by atoms with Gasteiger partial charge in [-0.1, -0.05) is 48.5 Å². The van der Waals surface area contributed by atoms with Crippen LogP contribution in [-0.2, 0) is 0 Å². The molecule has 4 nitrogen and oxygen atoms in total. The van der Waals surface area contributed by atoms with Crippen molar-refractivity contribution in [3.8, 4) is 10.4 Å². The number of benzene rings is 2. The number of anilines is 3. The predicted octanol–water partition coefficient (Wildman–Crippen LogP) is 5.14. The van der Waals surface area contributed by atoms with Crippen LogP contribution in [0.1, 0.15) is 0 Å². The summed E-state index contributed by atoms with van der Waals surface area (Å²) in [6.45, 7) is 0. The summed E-state index contributed by atoms with van der Waals surface area (Å²) in [5.74, 6) is 1.43. The lowest BCUT2D eigenvalue weighted by Gasteiger charge is -2.08. The zero-order valence-corrected chi connectivity index (χ0v) is 14.0. The van der Waals surface area contributed by atoms with Gasteiger partial charge >= 0.3 is 0 Å². The standard InChI is InChI=1S/C19H16N4S/c1-20-19-22-15-12-16(13-8-4-2-5-9-13)24-17(15)18(23-19)21-14-10-6-3-7-11-14/h2-12H,1H3,(H2,20,21,22,23). The van der Waals surface area contributed by atoms with Gasteiger partial charge in [0, 0.05) is 17.6 Å². The molecule has 4 rings (SSSR count). The van der Waals surface area contributed by atoms with E-state index < -0.39 is 0 Å². The number of para-hydroxylation sites is 1. The lowest BCUT2D eigenvalue weighted by Crippen LogP contribution is -2.00. The van der Waals surface area contributed by atoms with Crippen molar-refractivity contribution in [3.05, 3.63) is 66.7 Å². The second kappa shape index (κ2) is 6.29. The zero-order valence-electron chi connectivity index (χ0n) is 13.2. The SMILES string of the molecule is CNc1nc(Nc2ccccc2)c2sc(-c3ccccc3)cc2n1. The third-order valence-corrected chi connectivity index (χ3v) is 4.87. The fourth-order valence-corrected chi connectivity index (χ4v) is 3.58. The van der Waals surface area contributed by atoms with Crippen molar-refractivity contribution in [1.29, 1.82) is 0 Å². The molecule has 2 heterocycles. The Balaban J connectivity index is 1.84. The average Bonchev–Trinajstić information content (AvgIpc) is 3.08. The molecule has 0 spiro atoms. The molecule has 0 amide bonds. The minimum atomic E-state index is 0.610. The van der Waals surface area contributed by atoms with Crippen molar-refractivity contribution >= 4 is 39.0 Å². The molecule has 0 aliphatic rings. The molecule has 2 aromatic carbocycles. The second-order valence-electron chi connectivity index (χ2n) is 5.33. The first-order valence-electron chi connectivity index (χ1n) is 7.70. The number of thiophene rings is 1. The molecule has 0 fully saturated rings. The van der Waals surface area contributed by atoms with Crippen molar-refractivity contribution in [1.82, 2.24) is 9.97 Å². The van der Waals surface area contributed by atoms with Crippen LogP contribution in [0.2, 0.25) is 0 Å². The van der Waals surface area contributed by atoms with Gasteiger partial charge in [0.2, 0.25) is 5.95 Å². The van der Waals surface area contributed by atoms with Gasteiger partial charge in [0.15, 0.2) is 5.82 Å². The van der Waals surface area contributed by atoms with Crippen LogP contribution in [0.25, 0.3) is 20.7 Å². The largest absolute Gasteiger partial charge is 0.357 e. The normalized spacial score (nSPS) is 10.7. The minimum absolute atomic E-state index is 0.610. The van der Waals surface area contributed by atoms with E-state index in [1.54, 1.807) is 11.3 Å². The predicted molar refractivity (Wildman–Crippen MR) is 102 cm³/mol. The third kappa shape index (κ3) is 2.81. The van der Waals surface area contributed by atoms with E-state index in [-0.39, 0.29) is 0 Å². The van der Waals surface area contributed by atoms with Crippen LogP contribution in [0.3, 0.4) is 0 Å². The molecule has 0 saturated carbocycles. The molecule has 0 bridgehead atoms. The molecule has 2 N–H and O–H groups in total. The van der Waals surface area contributed by atoms with E-state index in [2.05, 4.69) is 38.8 Å². The van der Waals surface area contributed by atoms with Gasteiger partial charge in [-0.15, -0.1) is 11.3 Å². The monoisotopic (exact) mass is 332 g/mol. The quantitative estimate of drug-likeness (QED) is 0.543. The molecule has 4 aromatic rings. The van der Waals surface area contributed by atoms with E-state index in [0.717, 1.165) is 21.7 Å². The van der Waals surface area contributed by atoms with Gasteiger partial charge in [-0.3, -0.25) is 0 Å². The maximum atomic E-state index is 4.60. The highest BCUT2D eigenvalue weighted by molar-refractivity contribution is 7.22. The van der Waals surface area contributed by atoms with Gasteiger partial charge in [0.1, 0.15) is 0 Å². The molecular formula is C19H16N4S. The minimum Gasteiger partial charge on any atom is -0.357 e. The number of aromatic nitrogens is 2. The summed E-state index contributed by atoms with van der Waals surface area (Å²) in [5.41, 5.74) is 3.14. The smallest absolute Gasteiger partial charge is 0.225 e. The van der Waals surface area contributed by atoms with Crippen molar-refractivity contribution in [2.24, 2.45) is 0 Å². The van der Waals surface area contributed by atoms with Crippen LogP contribution in [0.15, 0.2) is 66.7 Å². The molecule has 0 aliphatic heterocycles. The molecule has 0 aliphatic carbocycles. The molecule has 0 atom stereocenters. The van der Waals surface area contributed by atoms with Crippen LogP contribution in [0, 0.1) is 0 Å². The maximum Gasteiger partial charge on any atom is 0.225 e. The number of fused-ring (bicyclic) bond motifs is 1. The molecular weight excluding hydrogens is 316 g/mol. The summed E-state index contributed by atoms with van der Waals surface area (Å²) in [4.78, 5) is 10.4. The molecule has 0 unspecified atom stereocenters. The Morgan fingerprint density at radius 1 is 0.875 bits per heavy atom. The highest BCUT2D eigenvalue weighted by atomic mass is 32.1.